The van der Waals surface area contributed by atoms with Crippen molar-refractivity contribution in [3.63, 3.8) is 0 Å². The Kier molecular flexibility index (Phi) is 17.7. The van der Waals surface area contributed by atoms with Crippen molar-refractivity contribution >= 4 is 111 Å². The molecule has 0 saturated carbocycles. The smallest absolute Gasteiger partial charge is 0.0540 e. The second-order valence-electron chi connectivity index (χ2n) is 22.2. The fraction of sp³-hybridized carbons (Fsp3) is 0.0476. The molecule has 0 spiro atoms. The number of rotatable bonds is 10. The van der Waals surface area contributed by atoms with Gasteiger partial charge in [0.1, 0.15) is 0 Å². The Hall–Kier alpha value is -11.2. The molecular weight excluding hydrogens is 1060 g/mol. The topological polar surface area (TPSA) is 30.5 Å². The predicted molar refractivity (Wildman–Crippen MR) is 381 cm³/mol. The monoisotopic (exact) mass is 1130 g/mol. The number of nitrogens with zero attached hydrogens (tertiary/aromatic N) is 2. The van der Waals surface area contributed by atoms with E-state index in [1.165, 1.54) is 105 Å². The third-order valence-corrected chi connectivity index (χ3v) is 15.8. The highest BCUT2D eigenvalue weighted by molar-refractivity contribution is 6.15. The first kappa shape index (κ1) is 57.2. The second kappa shape index (κ2) is 27.2. The molecule has 4 heteroatoms. The van der Waals surface area contributed by atoms with E-state index in [4.69, 9.17) is 0 Å². The summed E-state index contributed by atoms with van der Waals surface area (Å²) in [5.74, 6) is 0. The highest BCUT2D eigenvalue weighted by atomic mass is 15.1. The summed E-state index contributed by atoms with van der Waals surface area (Å²) in [6.45, 7) is 8.44. The van der Waals surface area contributed by atoms with E-state index >= 15 is 0 Å². The van der Waals surface area contributed by atoms with Crippen molar-refractivity contribution in [2.45, 2.75) is 27.7 Å². The fourth-order valence-corrected chi connectivity index (χ4v) is 11.3. The highest BCUT2D eigenvalue weighted by Gasteiger charge is 2.16. The summed E-state index contributed by atoms with van der Waals surface area (Å²) >= 11 is 0. The van der Waals surface area contributed by atoms with Crippen LogP contribution < -0.4 is 20.4 Å². The van der Waals surface area contributed by atoms with E-state index in [9.17, 15) is 0 Å². The lowest BCUT2D eigenvalue weighted by atomic mass is 10.00. The van der Waals surface area contributed by atoms with Gasteiger partial charge in [-0.25, -0.2) is 0 Å². The van der Waals surface area contributed by atoms with Crippen LogP contribution in [-0.4, -0.2) is 0 Å². The lowest BCUT2D eigenvalue weighted by molar-refractivity contribution is 1.27. The molecule has 15 aromatic rings. The fourth-order valence-electron chi connectivity index (χ4n) is 11.3. The van der Waals surface area contributed by atoms with E-state index in [0.29, 0.717) is 0 Å². The molecule has 15 aromatic carbocycles. The molecule has 0 radical (unpaired) electrons. The summed E-state index contributed by atoms with van der Waals surface area (Å²) in [7, 11) is 0. The molecule has 88 heavy (non-hydrogen) atoms. The Morgan fingerprint density at radius 1 is 0.216 bits per heavy atom. The van der Waals surface area contributed by atoms with Gasteiger partial charge in [0.05, 0.1) is 5.69 Å². The largest absolute Gasteiger partial charge is 0.355 e. The van der Waals surface area contributed by atoms with Crippen molar-refractivity contribution in [1.29, 1.82) is 0 Å². The Morgan fingerprint density at radius 3 is 1.11 bits per heavy atom. The van der Waals surface area contributed by atoms with Gasteiger partial charge >= 0.3 is 0 Å². The summed E-state index contributed by atoms with van der Waals surface area (Å²) < 4.78 is 0. The first-order chi connectivity index (χ1) is 43.3. The van der Waals surface area contributed by atoms with E-state index in [1.807, 2.05) is 12.1 Å². The van der Waals surface area contributed by atoms with Gasteiger partial charge in [-0.05, 0) is 169 Å². The van der Waals surface area contributed by atoms with Crippen LogP contribution >= 0.6 is 0 Å². The Balaban J connectivity index is 0.000000114. The second-order valence-corrected chi connectivity index (χ2v) is 22.2. The van der Waals surface area contributed by atoms with Crippen LogP contribution in [0.15, 0.2) is 340 Å². The average Bonchev–Trinajstić information content (AvgIpc) is 1.40. The average molecular weight is 1140 g/mol. The maximum Gasteiger partial charge on any atom is 0.0540 e. The van der Waals surface area contributed by atoms with Crippen molar-refractivity contribution in [3.8, 4) is 0 Å². The first-order valence-electron chi connectivity index (χ1n) is 30.1. The van der Waals surface area contributed by atoms with Gasteiger partial charge in [0.15, 0.2) is 0 Å². The minimum atomic E-state index is 1.12. The molecular formula is C84H70N4. The van der Waals surface area contributed by atoms with Crippen molar-refractivity contribution in [2.24, 2.45) is 0 Å². The molecule has 0 aliphatic heterocycles. The van der Waals surface area contributed by atoms with E-state index in [-0.39, 0.29) is 0 Å². The Labute approximate surface area is 517 Å². The Morgan fingerprint density at radius 2 is 0.568 bits per heavy atom. The molecule has 0 amide bonds. The first-order valence-corrected chi connectivity index (χ1v) is 30.1. The van der Waals surface area contributed by atoms with Crippen LogP contribution in [0.3, 0.4) is 0 Å². The third-order valence-electron chi connectivity index (χ3n) is 15.8. The SMILES string of the molecule is Cc1ccc(N(c2ccccc2)c2cccc3ccccc23)cc1.Cc1ccc(N(c2ccccc2)c2ccccc2)cc1.Cc1ccc(Nc2cc3ccccc3c3ccccc23)cc1.Cc1ccc(Nc2cccc3ccc4ccccc4c23)cc1. The van der Waals surface area contributed by atoms with E-state index in [0.717, 1.165) is 28.4 Å². The molecule has 0 aromatic heterocycles. The zero-order valence-corrected chi connectivity index (χ0v) is 50.2. The minimum Gasteiger partial charge on any atom is -0.355 e. The summed E-state index contributed by atoms with van der Waals surface area (Å²) in [4.78, 5) is 4.58. The van der Waals surface area contributed by atoms with Crippen LogP contribution in [0, 0.1) is 27.7 Å². The quantitative estimate of drug-likeness (QED) is 0.134. The molecule has 0 aliphatic rings. The number of para-hydroxylation sites is 3. The number of hydrogen-bond donors (Lipinski definition) is 2. The number of anilines is 10. The predicted octanol–water partition coefficient (Wildman–Crippen LogP) is 24.2. The molecule has 0 heterocycles. The molecule has 0 unspecified atom stereocenters. The molecule has 0 bridgehead atoms. The summed E-state index contributed by atoms with van der Waals surface area (Å²) in [6.07, 6.45) is 0. The third kappa shape index (κ3) is 13.5. The maximum atomic E-state index is 3.57. The van der Waals surface area contributed by atoms with Crippen LogP contribution in [0.25, 0.3) is 53.9 Å². The van der Waals surface area contributed by atoms with Gasteiger partial charge in [0.2, 0.25) is 0 Å². The van der Waals surface area contributed by atoms with Crippen molar-refractivity contribution < 1.29 is 0 Å². The van der Waals surface area contributed by atoms with Gasteiger partial charge in [0, 0.05) is 67.3 Å². The number of aryl methyl sites for hydroxylation is 4. The summed E-state index contributed by atoms with van der Waals surface area (Å²) in [5.41, 5.74) is 16.7. The van der Waals surface area contributed by atoms with Gasteiger partial charge in [-0.1, -0.05) is 259 Å². The molecule has 0 saturated heterocycles. The van der Waals surface area contributed by atoms with Crippen LogP contribution in [0.2, 0.25) is 0 Å². The van der Waals surface area contributed by atoms with Crippen molar-refractivity contribution in [1.82, 2.24) is 0 Å². The normalized spacial score (nSPS) is 10.7. The zero-order chi connectivity index (χ0) is 60.0. The summed E-state index contributed by atoms with van der Waals surface area (Å²) in [6, 6.07) is 119. The molecule has 0 fully saturated rings. The number of benzene rings is 15. The molecule has 0 aliphatic carbocycles. The van der Waals surface area contributed by atoms with Gasteiger partial charge in [-0.3, -0.25) is 0 Å². The zero-order valence-electron chi connectivity index (χ0n) is 50.2. The molecule has 426 valence electrons. The lowest BCUT2D eigenvalue weighted by Gasteiger charge is -2.26. The van der Waals surface area contributed by atoms with Gasteiger partial charge in [-0.2, -0.15) is 0 Å². The standard InChI is InChI=1S/C23H19N.2C21H17N.C19H17N/c1-18-14-16-21(17-15-18)24(20-10-3-2-4-11-20)23-13-7-9-19-8-5-6-12-22(19)23;1-15-10-12-17(13-11-15)22-21-14-16-6-2-3-7-18(16)19-8-4-5-9-20(19)21;1-15-9-13-18(14-10-15)22-20-8-4-6-17-12-11-16-5-2-3-7-19(16)21(17)20;1-16-12-14-19(15-13-16)20(17-8-4-2-5-9-17)18-10-6-3-7-11-18/h2-17H,1H3;2*2-14,22H,1H3;2-15H,1H3. The van der Waals surface area contributed by atoms with Crippen molar-refractivity contribution in [2.75, 3.05) is 20.4 Å². The van der Waals surface area contributed by atoms with E-state index < -0.39 is 0 Å². The van der Waals surface area contributed by atoms with Gasteiger partial charge in [-0.15, -0.1) is 0 Å². The number of fused-ring (bicyclic) bond motifs is 7. The van der Waals surface area contributed by atoms with Crippen LogP contribution in [-0.2, 0) is 0 Å². The minimum absolute atomic E-state index is 1.12. The lowest BCUT2D eigenvalue weighted by Crippen LogP contribution is -2.10. The van der Waals surface area contributed by atoms with Gasteiger partial charge in [0.25, 0.3) is 0 Å². The Bertz CT molecular complexity index is 4640. The maximum absolute atomic E-state index is 3.57. The van der Waals surface area contributed by atoms with Crippen LogP contribution in [0.5, 0.6) is 0 Å². The van der Waals surface area contributed by atoms with E-state index in [2.05, 4.69) is 376 Å². The molecule has 0 atom stereocenters. The summed E-state index contributed by atoms with van der Waals surface area (Å²) in [5, 5.41) is 19.8. The molecule has 15 rings (SSSR count). The number of hydrogen-bond acceptors (Lipinski definition) is 4. The van der Waals surface area contributed by atoms with Crippen LogP contribution in [0.1, 0.15) is 22.3 Å². The highest BCUT2D eigenvalue weighted by Crippen LogP contribution is 2.40. The molecule has 4 nitrogen and oxygen atoms in total. The van der Waals surface area contributed by atoms with Crippen LogP contribution in [0.4, 0.5) is 56.9 Å². The van der Waals surface area contributed by atoms with E-state index in [1.54, 1.807) is 0 Å². The van der Waals surface area contributed by atoms with Crippen molar-refractivity contribution in [3.05, 3.63) is 362 Å². The molecule has 2 N–H and O–H groups in total. The van der Waals surface area contributed by atoms with Gasteiger partial charge < -0.3 is 20.4 Å². The number of nitrogens with one attached hydrogen (secondary N) is 2.